The second-order valence-electron chi connectivity index (χ2n) is 3.92. The monoisotopic (exact) mass is 264 g/mol. The summed E-state index contributed by atoms with van der Waals surface area (Å²) >= 11 is 0. The van der Waals surface area contributed by atoms with Crippen molar-refractivity contribution in [1.82, 2.24) is 24.3 Å². The number of rotatable bonds is 3. The first-order chi connectivity index (χ1) is 8.97. The van der Waals surface area contributed by atoms with Gasteiger partial charge in [0.25, 0.3) is 5.56 Å². The Hall–Kier alpha value is -2.71. The zero-order chi connectivity index (χ0) is 14.0. The van der Waals surface area contributed by atoms with Crippen LogP contribution in [0.4, 0.5) is 5.95 Å². The summed E-state index contributed by atoms with van der Waals surface area (Å²) in [5.74, 6) is 0.245. The predicted molar refractivity (Wildman–Crippen MR) is 65.7 cm³/mol. The van der Waals surface area contributed by atoms with Crippen molar-refractivity contribution in [3.63, 3.8) is 0 Å². The van der Waals surface area contributed by atoms with E-state index in [4.69, 9.17) is 0 Å². The van der Waals surface area contributed by atoms with Gasteiger partial charge in [-0.15, -0.1) is 5.10 Å². The minimum Gasteiger partial charge on any atom is -0.292 e. The first-order valence-corrected chi connectivity index (χ1v) is 5.42. The van der Waals surface area contributed by atoms with Crippen molar-refractivity contribution in [3.05, 3.63) is 38.9 Å². The lowest BCUT2D eigenvalue weighted by Gasteiger charge is -2.05. The van der Waals surface area contributed by atoms with Crippen molar-refractivity contribution in [2.45, 2.75) is 13.5 Å². The zero-order valence-electron chi connectivity index (χ0n) is 10.4. The molecule has 0 saturated carbocycles. The van der Waals surface area contributed by atoms with Crippen LogP contribution in [0.15, 0.2) is 21.9 Å². The third-order valence-corrected chi connectivity index (χ3v) is 2.42. The van der Waals surface area contributed by atoms with Crippen LogP contribution in [0.5, 0.6) is 0 Å². The van der Waals surface area contributed by atoms with Crippen LogP contribution in [0.3, 0.4) is 0 Å². The van der Waals surface area contributed by atoms with Gasteiger partial charge in [-0.1, -0.05) is 0 Å². The molecule has 0 aliphatic heterocycles. The molecule has 0 spiro atoms. The van der Waals surface area contributed by atoms with Gasteiger partial charge in [-0.05, 0) is 6.92 Å². The molecule has 0 atom stereocenters. The van der Waals surface area contributed by atoms with Crippen LogP contribution in [0, 0.1) is 6.92 Å². The number of amides is 1. The Morgan fingerprint density at radius 1 is 1.47 bits per heavy atom. The maximum atomic E-state index is 11.7. The largest absolute Gasteiger partial charge is 0.331 e. The van der Waals surface area contributed by atoms with Crippen molar-refractivity contribution < 1.29 is 4.79 Å². The molecule has 0 saturated heterocycles. The Bertz CT molecular complexity index is 725. The van der Waals surface area contributed by atoms with Gasteiger partial charge >= 0.3 is 5.69 Å². The summed E-state index contributed by atoms with van der Waals surface area (Å²) in [5, 5.41) is 8.75. The Morgan fingerprint density at radius 3 is 2.84 bits per heavy atom. The molecule has 2 rings (SSSR count). The first kappa shape index (κ1) is 12.7. The topological polar surface area (TPSA) is 115 Å². The molecule has 0 aromatic carbocycles. The van der Waals surface area contributed by atoms with E-state index in [1.807, 2.05) is 0 Å². The number of hydrogen-bond acceptors (Lipinski definition) is 5. The average Bonchev–Trinajstić information content (AvgIpc) is 2.75. The van der Waals surface area contributed by atoms with Gasteiger partial charge in [0.15, 0.2) is 0 Å². The lowest BCUT2D eigenvalue weighted by molar-refractivity contribution is -0.116. The standard InChI is InChI=1S/C10H12N6O3/c1-6-11-9(14-13-6)12-7(17)5-16-4-3-8(18)15(2)10(16)19/h3-4H,5H2,1-2H3,(H2,11,12,13,14,17). The van der Waals surface area contributed by atoms with E-state index in [1.165, 1.54) is 19.3 Å². The second-order valence-corrected chi connectivity index (χ2v) is 3.92. The van der Waals surface area contributed by atoms with E-state index in [9.17, 15) is 14.4 Å². The van der Waals surface area contributed by atoms with E-state index in [1.54, 1.807) is 6.92 Å². The van der Waals surface area contributed by atoms with E-state index in [2.05, 4.69) is 20.5 Å². The van der Waals surface area contributed by atoms with Crippen molar-refractivity contribution in [2.24, 2.45) is 7.05 Å². The molecule has 9 heteroatoms. The Labute approximate surface area is 106 Å². The van der Waals surface area contributed by atoms with Crippen LogP contribution < -0.4 is 16.6 Å². The fourth-order valence-corrected chi connectivity index (χ4v) is 1.45. The van der Waals surface area contributed by atoms with E-state index in [-0.39, 0.29) is 12.5 Å². The molecule has 9 nitrogen and oxygen atoms in total. The fraction of sp³-hybridized carbons (Fsp3) is 0.300. The maximum absolute atomic E-state index is 11.7. The van der Waals surface area contributed by atoms with Crippen LogP contribution in [0.1, 0.15) is 5.82 Å². The molecule has 2 heterocycles. The number of aromatic amines is 1. The molecular formula is C10H12N6O3. The van der Waals surface area contributed by atoms with E-state index in [0.717, 1.165) is 9.13 Å². The van der Waals surface area contributed by atoms with E-state index < -0.39 is 17.2 Å². The van der Waals surface area contributed by atoms with Gasteiger partial charge in [-0.2, -0.15) is 4.98 Å². The van der Waals surface area contributed by atoms with Gasteiger partial charge in [0, 0.05) is 19.3 Å². The second kappa shape index (κ2) is 4.88. The molecule has 2 aromatic rings. The van der Waals surface area contributed by atoms with Crippen LogP contribution in [-0.4, -0.2) is 30.2 Å². The summed E-state index contributed by atoms with van der Waals surface area (Å²) in [4.78, 5) is 38.5. The van der Waals surface area contributed by atoms with E-state index >= 15 is 0 Å². The van der Waals surface area contributed by atoms with Crippen LogP contribution in [0.25, 0.3) is 0 Å². The summed E-state index contributed by atoms with van der Waals surface area (Å²) in [6.07, 6.45) is 1.27. The fourth-order valence-electron chi connectivity index (χ4n) is 1.45. The number of hydrogen-bond donors (Lipinski definition) is 2. The van der Waals surface area contributed by atoms with Gasteiger partial charge in [0.2, 0.25) is 11.9 Å². The summed E-state index contributed by atoms with van der Waals surface area (Å²) in [6, 6.07) is 1.21. The highest BCUT2D eigenvalue weighted by Gasteiger charge is 2.09. The van der Waals surface area contributed by atoms with Gasteiger partial charge < -0.3 is 0 Å². The molecule has 100 valence electrons. The summed E-state index contributed by atoms with van der Waals surface area (Å²) in [7, 11) is 1.34. The molecule has 0 fully saturated rings. The van der Waals surface area contributed by atoms with Crippen molar-refractivity contribution in [1.29, 1.82) is 0 Å². The Morgan fingerprint density at radius 2 is 2.21 bits per heavy atom. The summed E-state index contributed by atoms with van der Waals surface area (Å²) in [6.45, 7) is 1.47. The number of anilines is 1. The molecule has 0 aliphatic carbocycles. The summed E-state index contributed by atoms with van der Waals surface area (Å²) < 4.78 is 2.04. The molecule has 0 aliphatic rings. The van der Waals surface area contributed by atoms with Crippen LogP contribution in [-0.2, 0) is 18.4 Å². The van der Waals surface area contributed by atoms with Gasteiger partial charge in [0.05, 0.1) is 0 Å². The van der Waals surface area contributed by atoms with Gasteiger partial charge in [0.1, 0.15) is 12.4 Å². The smallest absolute Gasteiger partial charge is 0.292 e. The molecule has 2 N–H and O–H groups in total. The first-order valence-electron chi connectivity index (χ1n) is 5.42. The van der Waals surface area contributed by atoms with Crippen molar-refractivity contribution in [2.75, 3.05) is 5.32 Å². The van der Waals surface area contributed by atoms with Gasteiger partial charge in [-0.25, -0.2) is 4.79 Å². The van der Waals surface area contributed by atoms with Gasteiger partial charge in [-0.3, -0.25) is 29.1 Å². The predicted octanol–water partition coefficient (Wildman–Crippen LogP) is -1.39. The number of H-pyrrole nitrogens is 1. The van der Waals surface area contributed by atoms with Crippen LogP contribution >= 0.6 is 0 Å². The lowest BCUT2D eigenvalue weighted by atomic mass is 10.5. The van der Waals surface area contributed by atoms with Crippen molar-refractivity contribution >= 4 is 11.9 Å². The third-order valence-electron chi connectivity index (χ3n) is 2.42. The molecule has 2 aromatic heterocycles. The minimum atomic E-state index is -0.561. The highest BCUT2D eigenvalue weighted by molar-refractivity contribution is 5.88. The highest BCUT2D eigenvalue weighted by Crippen LogP contribution is 1.96. The lowest BCUT2D eigenvalue weighted by Crippen LogP contribution is -2.39. The van der Waals surface area contributed by atoms with Crippen molar-refractivity contribution in [3.8, 4) is 0 Å². The third kappa shape index (κ3) is 2.76. The molecule has 1 amide bonds. The number of carbonyl (C=O) groups excluding carboxylic acids is 1. The maximum Gasteiger partial charge on any atom is 0.331 e. The Balaban J connectivity index is 2.14. The quantitative estimate of drug-likeness (QED) is 0.708. The SMILES string of the molecule is Cc1nc(NC(=O)Cn2ccc(=O)n(C)c2=O)n[nH]1. The molecule has 0 unspecified atom stereocenters. The number of carbonyl (C=O) groups is 1. The number of aromatic nitrogens is 5. The van der Waals surface area contributed by atoms with E-state index in [0.29, 0.717) is 5.82 Å². The number of nitrogens with one attached hydrogen (secondary N) is 2. The minimum absolute atomic E-state index is 0.139. The Kier molecular flexibility index (Phi) is 3.27. The zero-order valence-corrected chi connectivity index (χ0v) is 10.4. The molecule has 0 radical (unpaired) electrons. The normalized spacial score (nSPS) is 10.4. The average molecular weight is 264 g/mol. The number of aryl methyl sites for hydroxylation is 1. The molecule has 19 heavy (non-hydrogen) atoms. The van der Waals surface area contributed by atoms with Crippen LogP contribution in [0.2, 0.25) is 0 Å². The highest BCUT2D eigenvalue weighted by atomic mass is 16.2. The number of nitrogens with zero attached hydrogens (tertiary/aromatic N) is 4. The molecular weight excluding hydrogens is 252 g/mol. The summed E-state index contributed by atoms with van der Waals surface area (Å²) in [5.41, 5.74) is -0.986. The molecule has 0 bridgehead atoms.